The molecule has 0 radical (unpaired) electrons. The summed E-state index contributed by atoms with van der Waals surface area (Å²) in [6, 6.07) is 38.0. The lowest BCUT2D eigenvalue weighted by molar-refractivity contribution is -0.0581. The van der Waals surface area contributed by atoms with Crippen LogP contribution in [-0.2, 0) is 23.2 Å². The van der Waals surface area contributed by atoms with Crippen molar-refractivity contribution in [2.45, 2.75) is 126 Å². The van der Waals surface area contributed by atoms with Crippen LogP contribution < -0.4 is 9.80 Å². The quantitative estimate of drug-likeness (QED) is 0.159. The van der Waals surface area contributed by atoms with Crippen molar-refractivity contribution >= 4 is 11.4 Å². The number of allylic oxidation sites excluding steroid dienone is 2. The summed E-state index contributed by atoms with van der Waals surface area (Å²) in [5.74, 6) is 0. The van der Waals surface area contributed by atoms with Crippen molar-refractivity contribution in [2.75, 3.05) is 16.3 Å². The number of hydrogen-bond acceptors (Lipinski definition) is 3. The highest BCUT2D eigenvalue weighted by atomic mass is 16.5. The molecule has 4 aromatic carbocycles. The van der Waals surface area contributed by atoms with Crippen LogP contribution in [0.2, 0.25) is 0 Å². The molecule has 0 saturated carbocycles. The van der Waals surface area contributed by atoms with Crippen LogP contribution in [0.4, 0.5) is 11.4 Å². The Bertz CT molecular complexity index is 2180. The highest BCUT2D eigenvalue weighted by Crippen LogP contribution is 2.56. The zero-order valence-corrected chi connectivity index (χ0v) is 35.9. The van der Waals surface area contributed by atoms with Crippen molar-refractivity contribution in [3.05, 3.63) is 165 Å². The molecule has 1 atom stereocenters. The minimum atomic E-state index is -0.601. The van der Waals surface area contributed by atoms with Gasteiger partial charge in [0.2, 0.25) is 0 Å². The van der Waals surface area contributed by atoms with Gasteiger partial charge in [-0.2, -0.15) is 0 Å². The summed E-state index contributed by atoms with van der Waals surface area (Å²) in [5.41, 5.74) is 16.6. The first kappa shape index (κ1) is 38.9. The first-order valence-corrected chi connectivity index (χ1v) is 20.5. The second-order valence-corrected chi connectivity index (χ2v) is 18.8. The number of aryl methyl sites for hydroxylation is 2. The number of rotatable bonds is 9. The molecule has 4 aromatic rings. The Morgan fingerprint density at radius 1 is 0.600 bits per heavy atom. The Morgan fingerprint density at radius 2 is 1.20 bits per heavy atom. The van der Waals surface area contributed by atoms with Gasteiger partial charge in [-0.05, 0) is 144 Å². The van der Waals surface area contributed by atoms with Gasteiger partial charge >= 0.3 is 0 Å². The van der Waals surface area contributed by atoms with E-state index in [1.807, 2.05) is 0 Å². The Balaban J connectivity index is 1.22. The van der Waals surface area contributed by atoms with E-state index >= 15 is 0 Å². The number of nitrogens with zero attached hydrogens (tertiary/aromatic N) is 2. The normalized spacial score (nSPS) is 22.7. The number of hydrogen-bond donors (Lipinski definition) is 0. The zero-order chi connectivity index (χ0) is 39.7. The van der Waals surface area contributed by atoms with Gasteiger partial charge in [0.1, 0.15) is 5.60 Å². The summed E-state index contributed by atoms with van der Waals surface area (Å²) in [7, 11) is 0. The number of ether oxygens (including phenoxy) is 1. The molecular weight excluding hydrogens is 669 g/mol. The molecular formula is C52H64N2O. The molecule has 0 N–H and O–H groups in total. The third-order valence-corrected chi connectivity index (χ3v) is 14.5. The van der Waals surface area contributed by atoms with Crippen LogP contribution in [0.5, 0.6) is 0 Å². The fraction of sp³-hybridized carbons (Fsp3) is 0.423. The van der Waals surface area contributed by atoms with Crippen molar-refractivity contribution in [3.63, 3.8) is 0 Å². The summed E-state index contributed by atoms with van der Waals surface area (Å²) in [6.07, 6.45) is 2.92. The molecule has 3 aliphatic heterocycles. The topological polar surface area (TPSA) is 15.7 Å². The average Bonchev–Trinajstić information content (AvgIpc) is 3.55. The smallest absolute Gasteiger partial charge is 0.141 e. The SMILES string of the molecule is CC1=C(Cc2ccc(C3(c4ccccc4)OC(C)(C)C(C)=C3C)cc2)C(C)(C)C(C)(C)N1c1c(C)cccc1CCC1=C(C)C(C)(C)CN1c1ccccc1. The number of para-hydroxylation sites is 2. The van der Waals surface area contributed by atoms with E-state index in [4.69, 9.17) is 4.74 Å². The Kier molecular flexibility index (Phi) is 9.69. The van der Waals surface area contributed by atoms with Crippen LogP contribution >= 0.6 is 0 Å². The highest BCUT2D eigenvalue weighted by Gasteiger charge is 2.53. The van der Waals surface area contributed by atoms with Crippen molar-refractivity contribution < 1.29 is 4.74 Å². The van der Waals surface area contributed by atoms with Gasteiger partial charge in [-0.3, -0.25) is 0 Å². The highest BCUT2D eigenvalue weighted by molar-refractivity contribution is 5.69. The third-order valence-electron chi connectivity index (χ3n) is 14.5. The third kappa shape index (κ3) is 6.22. The van der Waals surface area contributed by atoms with Gasteiger partial charge in [0.15, 0.2) is 0 Å². The molecule has 7 rings (SSSR count). The lowest BCUT2D eigenvalue weighted by Gasteiger charge is -2.45. The van der Waals surface area contributed by atoms with Crippen molar-refractivity contribution in [2.24, 2.45) is 10.8 Å². The summed E-state index contributed by atoms with van der Waals surface area (Å²) in [4.78, 5) is 5.27. The fourth-order valence-corrected chi connectivity index (χ4v) is 10.0. The van der Waals surface area contributed by atoms with Gasteiger partial charge in [0.05, 0.1) is 5.60 Å². The Morgan fingerprint density at radius 3 is 1.80 bits per heavy atom. The fourth-order valence-electron chi connectivity index (χ4n) is 10.0. The maximum Gasteiger partial charge on any atom is 0.141 e. The number of anilines is 2. The monoisotopic (exact) mass is 733 g/mol. The molecule has 0 fully saturated rings. The van der Waals surface area contributed by atoms with E-state index in [1.54, 1.807) is 0 Å². The maximum atomic E-state index is 7.07. The average molecular weight is 733 g/mol. The Hall–Kier alpha value is -4.34. The van der Waals surface area contributed by atoms with Gasteiger partial charge in [-0.1, -0.05) is 119 Å². The predicted octanol–water partition coefficient (Wildman–Crippen LogP) is 13.3. The van der Waals surface area contributed by atoms with Crippen LogP contribution in [-0.4, -0.2) is 17.7 Å². The van der Waals surface area contributed by atoms with Crippen LogP contribution in [0.15, 0.2) is 137 Å². The van der Waals surface area contributed by atoms with Crippen molar-refractivity contribution in [1.82, 2.24) is 0 Å². The summed E-state index contributed by atoms with van der Waals surface area (Å²) in [5, 5.41) is 0. The molecule has 288 valence electrons. The molecule has 55 heavy (non-hydrogen) atoms. The minimum Gasteiger partial charge on any atom is -0.351 e. The second kappa shape index (κ2) is 13.7. The van der Waals surface area contributed by atoms with Gasteiger partial charge < -0.3 is 14.5 Å². The van der Waals surface area contributed by atoms with Gasteiger partial charge in [0.25, 0.3) is 0 Å². The van der Waals surface area contributed by atoms with Crippen molar-refractivity contribution in [3.8, 4) is 0 Å². The van der Waals surface area contributed by atoms with Gasteiger partial charge in [-0.25, -0.2) is 0 Å². The molecule has 3 aliphatic rings. The second-order valence-electron chi connectivity index (χ2n) is 18.8. The van der Waals surface area contributed by atoms with Crippen LogP contribution in [0.25, 0.3) is 0 Å². The molecule has 0 aliphatic carbocycles. The molecule has 0 spiro atoms. The molecule has 3 nitrogen and oxygen atoms in total. The molecule has 0 amide bonds. The van der Waals surface area contributed by atoms with E-state index in [0.717, 1.165) is 25.8 Å². The maximum absolute atomic E-state index is 7.07. The van der Waals surface area contributed by atoms with E-state index in [0.29, 0.717) is 0 Å². The van der Waals surface area contributed by atoms with Gasteiger partial charge in [-0.15, -0.1) is 0 Å². The largest absolute Gasteiger partial charge is 0.351 e. The molecule has 3 heteroatoms. The standard InChI is InChI=1S/C52H64N2O/c1-35-21-20-22-41(29-32-46-38(4)48(6,7)34-53(46)44-25-18-15-19-26-44)47(35)54-39(5)45(49(8,9)51(54,12)13)33-40-27-30-43(31-28-40)52(42-23-16-14-17-24-42)37(3)36(2)50(10,11)55-52/h14-28,30-31H,29,32-34H2,1-13H3. The first-order valence-electron chi connectivity index (χ1n) is 20.5. The summed E-state index contributed by atoms with van der Waals surface area (Å²) < 4.78 is 7.07. The minimum absolute atomic E-state index is 0.0612. The summed E-state index contributed by atoms with van der Waals surface area (Å²) in [6.45, 7) is 31.5. The van der Waals surface area contributed by atoms with Crippen LogP contribution in [0, 0.1) is 17.8 Å². The van der Waals surface area contributed by atoms with E-state index in [-0.39, 0.29) is 22.0 Å². The van der Waals surface area contributed by atoms with Crippen molar-refractivity contribution in [1.29, 1.82) is 0 Å². The van der Waals surface area contributed by atoms with E-state index < -0.39 is 5.60 Å². The van der Waals surface area contributed by atoms with E-state index in [2.05, 4.69) is 203 Å². The lowest BCUT2D eigenvalue weighted by atomic mass is 9.69. The lowest BCUT2D eigenvalue weighted by Crippen LogP contribution is -2.49. The zero-order valence-electron chi connectivity index (χ0n) is 35.9. The van der Waals surface area contributed by atoms with Crippen LogP contribution in [0.3, 0.4) is 0 Å². The number of benzene rings is 4. The van der Waals surface area contributed by atoms with Crippen LogP contribution in [0.1, 0.15) is 117 Å². The van der Waals surface area contributed by atoms with Gasteiger partial charge in [0, 0.05) is 45.7 Å². The molecule has 3 heterocycles. The molecule has 1 unspecified atom stereocenters. The molecule has 0 saturated heterocycles. The predicted molar refractivity (Wildman–Crippen MR) is 234 cm³/mol. The first-order chi connectivity index (χ1) is 25.8. The molecule has 0 bridgehead atoms. The molecule has 0 aromatic heterocycles. The van der Waals surface area contributed by atoms with E-state index in [1.165, 1.54) is 72.9 Å². The van der Waals surface area contributed by atoms with E-state index in [9.17, 15) is 0 Å². The Labute approximate surface area is 332 Å². The summed E-state index contributed by atoms with van der Waals surface area (Å²) >= 11 is 0.